The third-order valence-electron chi connectivity index (χ3n) is 3.42. The highest BCUT2D eigenvalue weighted by Crippen LogP contribution is 2.60. The number of ether oxygens (including phenoxy) is 1. The van der Waals surface area contributed by atoms with Crippen molar-refractivity contribution >= 4 is 5.57 Å². The first-order valence-electron chi connectivity index (χ1n) is 5.10. The first-order valence-corrected chi connectivity index (χ1v) is 5.10. The van der Waals surface area contributed by atoms with Gasteiger partial charge in [0.05, 0.1) is 5.60 Å². The Morgan fingerprint density at radius 1 is 1.14 bits per heavy atom. The van der Waals surface area contributed by atoms with Crippen LogP contribution >= 0.6 is 0 Å². The van der Waals surface area contributed by atoms with E-state index in [4.69, 9.17) is 4.74 Å². The van der Waals surface area contributed by atoms with Crippen LogP contribution in [0.3, 0.4) is 0 Å². The molecule has 1 heteroatoms. The van der Waals surface area contributed by atoms with E-state index >= 15 is 0 Å². The van der Waals surface area contributed by atoms with E-state index < -0.39 is 0 Å². The van der Waals surface area contributed by atoms with Crippen LogP contribution < -0.4 is 0 Å². The zero-order valence-electron chi connectivity index (χ0n) is 8.58. The molecule has 0 amide bonds. The predicted octanol–water partition coefficient (Wildman–Crippen LogP) is 3.02. The van der Waals surface area contributed by atoms with E-state index in [2.05, 4.69) is 50.3 Å². The van der Waals surface area contributed by atoms with Gasteiger partial charge in [0.2, 0.25) is 0 Å². The van der Waals surface area contributed by atoms with Gasteiger partial charge in [-0.05, 0) is 31.1 Å². The molecule has 1 aliphatic carbocycles. The normalized spacial score (nSPS) is 32.3. The van der Waals surface area contributed by atoms with Crippen molar-refractivity contribution in [2.75, 3.05) is 0 Å². The smallest absolute Gasteiger partial charge is 0.120 e. The second-order valence-electron chi connectivity index (χ2n) is 4.71. The van der Waals surface area contributed by atoms with Crippen LogP contribution in [0.5, 0.6) is 0 Å². The Kier molecular flexibility index (Phi) is 1.35. The van der Waals surface area contributed by atoms with Gasteiger partial charge in [0.15, 0.2) is 0 Å². The first kappa shape index (κ1) is 8.25. The van der Waals surface area contributed by atoms with E-state index in [0.29, 0.717) is 0 Å². The quantitative estimate of drug-likeness (QED) is 0.614. The monoisotopic (exact) mass is 186 g/mol. The van der Waals surface area contributed by atoms with Crippen LogP contribution in [0, 0.1) is 0 Å². The van der Waals surface area contributed by atoms with Gasteiger partial charge in [-0.2, -0.15) is 0 Å². The molecule has 0 N–H and O–H groups in total. The van der Waals surface area contributed by atoms with Crippen molar-refractivity contribution < 1.29 is 4.74 Å². The van der Waals surface area contributed by atoms with Crippen molar-refractivity contribution in [1.82, 2.24) is 0 Å². The molecular formula is C13H14O. The second-order valence-corrected chi connectivity index (χ2v) is 4.71. The van der Waals surface area contributed by atoms with E-state index in [0.717, 1.165) is 6.42 Å². The molecular weight excluding hydrogens is 172 g/mol. The lowest BCUT2D eigenvalue weighted by Gasteiger charge is -2.24. The van der Waals surface area contributed by atoms with Gasteiger partial charge in [-0.3, -0.25) is 0 Å². The molecule has 1 heterocycles. The SMILES string of the molecule is CC1(C)OC12C=C(c1ccccc1)C2. The summed E-state index contributed by atoms with van der Waals surface area (Å²) in [6.45, 7) is 4.32. The summed E-state index contributed by atoms with van der Waals surface area (Å²) in [4.78, 5) is 0. The fourth-order valence-corrected chi connectivity index (χ4v) is 2.25. The van der Waals surface area contributed by atoms with Crippen molar-refractivity contribution in [3.63, 3.8) is 0 Å². The topological polar surface area (TPSA) is 12.5 Å². The fraction of sp³-hybridized carbons (Fsp3) is 0.385. The van der Waals surface area contributed by atoms with Crippen molar-refractivity contribution in [2.45, 2.75) is 31.5 Å². The minimum Gasteiger partial charge on any atom is -0.358 e. The maximum atomic E-state index is 5.70. The summed E-state index contributed by atoms with van der Waals surface area (Å²) in [7, 11) is 0. The molecule has 0 bridgehead atoms. The van der Waals surface area contributed by atoms with Crippen LogP contribution in [-0.4, -0.2) is 11.2 Å². The molecule has 2 aliphatic rings. The number of benzene rings is 1. The summed E-state index contributed by atoms with van der Waals surface area (Å²) in [6.07, 6.45) is 3.35. The van der Waals surface area contributed by atoms with Gasteiger partial charge in [-0.15, -0.1) is 0 Å². The molecule has 1 spiro atoms. The van der Waals surface area contributed by atoms with E-state index in [9.17, 15) is 0 Å². The van der Waals surface area contributed by atoms with Crippen molar-refractivity contribution in [2.24, 2.45) is 0 Å². The van der Waals surface area contributed by atoms with Gasteiger partial charge in [0, 0.05) is 6.42 Å². The zero-order chi connectivity index (χ0) is 9.81. The first-order chi connectivity index (χ1) is 6.63. The Morgan fingerprint density at radius 3 is 2.21 bits per heavy atom. The molecule has 14 heavy (non-hydrogen) atoms. The predicted molar refractivity (Wildman–Crippen MR) is 56.9 cm³/mol. The largest absolute Gasteiger partial charge is 0.358 e. The molecule has 1 aromatic rings. The van der Waals surface area contributed by atoms with E-state index in [1.807, 2.05) is 0 Å². The molecule has 3 rings (SSSR count). The Bertz CT molecular complexity index is 403. The maximum absolute atomic E-state index is 5.70. The molecule has 1 nitrogen and oxygen atoms in total. The van der Waals surface area contributed by atoms with Gasteiger partial charge in [0.25, 0.3) is 0 Å². The molecule has 1 atom stereocenters. The molecule has 1 aliphatic heterocycles. The lowest BCUT2D eigenvalue weighted by Crippen LogP contribution is -2.26. The summed E-state index contributed by atoms with van der Waals surface area (Å²) in [5.41, 5.74) is 2.92. The number of epoxide rings is 1. The van der Waals surface area contributed by atoms with Crippen LogP contribution in [0.1, 0.15) is 25.8 Å². The van der Waals surface area contributed by atoms with Crippen LogP contribution in [0.4, 0.5) is 0 Å². The van der Waals surface area contributed by atoms with Gasteiger partial charge in [-0.25, -0.2) is 0 Å². The summed E-state index contributed by atoms with van der Waals surface area (Å²) in [5.74, 6) is 0. The average molecular weight is 186 g/mol. The number of hydrogen-bond acceptors (Lipinski definition) is 1. The summed E-state index contributed by atoms with van der Waals surface area (Å²) >= 11 is 0. The van der Waals surface area contributed by atoms with Crippen LogP contribution in [0.25, 0.3) is 5.57 Å². The van der Waals surface area contributed by atoms with Crippen molar-refractivity contribution in [3.8, 4) is 0 Å². The highest BCUT2D eigenvalue weighted by atomic mass is 16.6. The lowest BCUT2D eigenvalue weighted by atomic mass is 9.76. The van der Waals surface area contributed by atoms with Gasteiger partial charge in [0.1, 0.15) is 5.60 Å². The van der Waals surface area contributed by atoms with Crippen LogP contribution in [-0.2, 0) is 4.74 Å². The maximum Gasteiger partial charge on any atom is 0.120 e. The molecule has 1 aromatic carbocycles. The standard InChI is InChI=1S/C13H14O/c1-12(2)13(14-12)8-11(9-13)10-6-4-3-5-7-10/h3-8H,9H2,1-2H3. The van der Waals surface area contributed by atoms with Gasteiger partial charge < -0.3 is 4.74 Å². The molecule has 0 aromatic heterocycles. The van der Waals surface area contributed by atoms with Crippen molar-refractivity contribution in [1.29, 1.82) is 0 Å². The number of rotatable bonds is 1. The Labute approximate surface area is 84.4 Å². The highest BCUT2D eigenvalue weighted by molar-refractivity contribution is 5.75. The van der Waals surface area contributed by atoms with Crippen molar-refractivity contribution in [3.05, 3.63) is 42.0 Å². The Hall–Kier alpha value is -1.08. The van der Waals surface area contributed by atoms with Crippen LogP contribution in [0.2, 0.25) is 0 Å². The fourth-order valence-electron chi connectivity index (χ4n) is 2.25. The summed E-state index contributed by atoms with van der Waals surface area (Å²) < 4.78 is 5.70. The Morgan fingerprint density at radius 2 is 1.71 bits per heavy atom. The third kappa shape index (κ3) is 0.934. The molecule has 0 radical (unpaired) electrons. The van der Waals surface area contributed by atoms with Crippen LogP contribution in [0.15, 0.2) is 36.4 Å². The third-order valence-corrected chi connectivity index (χ3v) is 3.42. The second kappa shape index (κ2) is 2.29. The molecule has 1 unspecified atom stereocenters. The summed E-state index contributed by atoms with van der Waals surface area (Å²) in [6, 6.07) is 10.5. The van der Waals surface area contributed by atoms with E-state index in [1.54, 1.807) is 0 Å². The average Bonchev–Trinajstić information content (AvgIpc) is 2.68. The summed E-state index contributed by atoms with van der Waals surface area (Å²) in [5, 5.41) is 0. The molecule has 0 saturated carbocycles. The highest BCUT2D eigenvalue weighted by Gasteiger charge is 2.66. The lowest BCUT2D eigenvalue weighted by molar-refractivity contribution is 0.295. The van der Waals surface area contributed by atoms with Gasteiger partial charge >= 0.3 is 0 Å². The zero-order valence-corrected chi connectivity index (χ0v) is 8.58. The molecule has 1 saturated heterocycles. The Balaban J connectivity index is 1.87. The number of hydrogen-bond donors (Lipinski definition) is 0. The molecule has 72 valence electrons. The van der Waals surface area contributed by atoms with Gasteiger partial charge in [-0.1, -0.05) is 30.3 Å². The van der Waals surface area contributed by atoms with E-state index in [-0.39, 0.29) is 11.2 Å². The minimum absolute atomic E-state index is 0.0747. The molecule has 1 fully saturated rings. The van der Waals surface area contributed by atoms with E-state index in [1.165, 1.54) is 11.1 Å². The minimum atomic E-state index is 0.0747.